The molecule has 0 aromatic heterocycles. The molecular weight excluding hydrogens is 1040 g/mol. The maximum absolute atomic E-state index is 13.8. The van der Waals surface area contributed by atoms with Crippen LogP contribution in [0.15, 0.2) is 34.9 Å². The van der Waals surface area contributed by atoms with E-state index in [1.165, 1.54) is 0 Å². The average molecular weight is 1130 g/mol. The van der Waals surface area contributed by atoms with Gasteiger partial charge in [-0.1, -0.05) is 72.3 Å². The zero-order valence-corrected chi connectivity index (χ0v) is 47.3. The SMILES string of the molecule is C/C=C(/C)C(=O)O[C@H]1[C@H](OC(=O)/C(C)=C/C)[C@@]2(CO)C(CC1(C)C)C1=CCC3[C@@]4(C)CC[C@H](O[C@@H]5OC(C(=O)O)[C@@H](O)[C@@H](O[C@@H]6OC[C@@H](O)[C@@H](O)C6O)C5O[C@@H]5OC(CO)[C@H](O)[C@@H](O)C5O)C(C)(C)C4CC[C@@]3(C)[C@]1(C)C[C@H]2O. The standard InChI is InChI=1S/C57H88O22/c1-12-25(3)47(70)78-44-45(79-48(71)26(4)13-2)57(24-59)28(20-52(44,5)6)27-14-15-32-54(9)18-17-34(53(7,8)31(54)16-19-55(32,10)56(27,11)21-33(57)61)74-51-43(77-50-39(66)37(64)36(63)30(22-58)73-50)41(40(67)42(76-51)46(68)69)75-49-38(65)35(62)29(60)23-72-49/h12-14,28-45,49-51,58-67H,15-24H2,1-11H3,(H,68,69)/b25-12-,26-13+/t28?,29-,30?,31?,32?,33-,34+,35-,36+,37-,38?,39?,40+,41-,42?,43?,44+,45+,49+,50+,51-,54+,55-,56-,57+/m1/s1. The summed E-state index contributed by atoms with van der Waals surface area (Å²) in [4.78, 5) is 40.3. The minimum Gasteiger partial charge on any atom is -0.479 e. The molecule has 0 amide bonds. The summed E-state index contributed by atoms with van der Waals surface area (Å²) in [5.74, 6) is -3.40. The minimum atomic E-state index is -2.10. The molecule has 7 fully saturated rings. The maximum atomic E-state index is 13.8. The highest BCUT2D eigenvalue weighted by Gasteiger charge is 2.74. The van der Waals surface area contributed by atoms with Gasteiger partial charge in [-0.2, -0.15) is 0 Å². The average Bonchev–Trinajstić information content (AvgIpc) is 3.49. The molecule has 79 heavy (non-hydrogen) atoms. The Hall–Kier alpha value is -3.01. The topological polar surface area (TPSA) is 348 Å². The molecule has 8 rings (SSSR count). The highest BCUT2D eigenvalue weighted by molar-refractivity contribution is 5.89. The molecule has 22 heteroatoms. The maximum Gasteiger partial charge on any atom is 0.335 e. The van der Waals surface area contributed by atoms with Crippen molar-refractivity contribution in [2.45, 2.75) is 232 Å². The van der Waals surface area contributed by atoms with E-state index in [0.29, 0.717) is 49.7 Å². The van der Waals surface area contributed by atoms with Crippen LogP contribution in [0, 0.1) is 50.2 Å². The van der Waals surface area contributed by atoms with Crippen LogP contribution in [0.4, 0.5) is 0 Å². The monoisotopic (exact) mass is 1120 g/mol. The number of allylic oxidation sites excluding steroid dienone is 4. The number of hydrogen-bond donors (Lipinski definition) is 11. The van der Waals surface area contributed by atoms with Crippen LogP contribution in [0.5, 0.6) is 0 Å². The lowest BCUT2D eigenvalue weighted by atomic mass is 9.33. The van der Waals surface area contributed by atoms with Crippen LogP contribution >= 0.6 is 0 Å². The fraction of sp³-hybridized carbons (Fsp3) is 0.842. The number of aliphatic carboxylic acids is 1. The van der Waals surface area contributed by atoms with Crippen LogP contribution in [-0.2, 0) is 52.3 Å². The van der Waals surface area contributed by atoms with Gasteiger partial charge in [0, 0.05) is 16.6 Å². The molecule has 3 saturated heterocycles. The quantitative estimate of drug-likeness (QED) is 0.0536. The zero-order valence-electron chi connectivity index (χ0n) is 47.3. The van der Waals surface area contributed by atoms with Gasteiger partial charge >= 0.3 is 17.9 Å². The van der Waals surface area contributed by atoms with E-state index in [1.807, 2.05) is 13.8 Å². The molecule has 4 saturated carbocycles. The third-order valence-corrected chi connectivity index (χ3v) is 21.2. The molecular formula is C57H88O22. The van der Waals surface area contributed by atoms with Gasteiger partial charge in [-0.15, -0.1) is 0 Å². The van der Waals surface area contributed by atoms with Gasteiger partial charge in [0.2, 0.25) is 0 Å². The smallest absolute Gasteiger partial charge is 0.335 e. The van der Waals surface area contributed by atoms with Gasteiger partial charge in [-0.3, -0.25) is 0 Å². The Kier molecular flexibility index (Phi) is 17.7. The van der Waals surface area contributed by atoms with E-state index in [9.17, 15) is 70.6 Å². The number of esters is 2. The van der Waals surface area contributed by atoms with E-state index in [-0.39, 0.29) is 23.7 Å². The number of aliphatic hydroxyl groups excluding tert-OH is 10. The normalized spacial score (nSPS) is 48.7. The second kappa shape index (κ2) is 22.5. The molecule has 5 aliphatic carbocycles. The Morgan fingerprint density at radius 3 is 1.89 bits per heavy atom. The van der Waals surface area contributed by atoms with E-state index < -0.39 is 181 Å². The van der Waals surface area contributed by atoms with Crippen molar-refractivity contribution in [1.29, 1.82) is 0 Å². The first-order chi connectivity index (χ1) is 36.9. The summed E-state index contributed by atoms with van der Waals surface area (Å²) >= 11 is 0. The van der Waals surface area contributed by atoms with Gasteiger partial charge < -0.3 is 94.1 Å². The Balaban J connectivity index is 1.12. The van der Waals surface area contributed by atoms with Gasteiger partial charge in [-0.05, 0) is 112 Å². The number of aliphatic hydroxyl groups is 10. The summed E-state index contributed by atoms with van der Waals surface area (Å²) in [6.07, 6.45) is -20.6. The van der Waals surface area contributed by atoms with E-state index >= 15 is 0 Å². The zero-order chi connectivity index (χ0) is 58.4. The fourth-order valence-electron chi connectivity index (χ4n) is 16.1. The lowest BCUT2D eigenvalue weighted by Gasteiger charge is -2.72. The number of carbonyl (C=O) groups is 3. The van der Waals surface area contributed by atoms with Crippen LogP contribution in [0.25, 0.3) is 0 Å². The van der Waals surface area contributed by atoms with Gasteiger partial charge in [0.15, 0.2) is 31.1 Å². The Bertz CT molecular complexity index is 2350. The number of ether oxygens (including phenoxy) is 8. The Labute approximate surface area is 461 Å². The molecule has 448 valence electrons. The van der Waals surface area contributed by atoms with Gasteiger partial charge in [0.05, 0.1) is 37.4 Å². The largest absolute Gasteiger partial charge is 0.479 e. The fourth-order valence-corrected chi connectivity index (χ4v) is 16.1. The second-order valence-electron chi connectivity index (χ2n) is 26.0. The van der Waals surface area contributed by atoms with Crippen LogP contribution in [0.2, 0.25) is 0 Å². The molecule has 3 heterocycles. The predicted octanol–water partition coefficient (Wildman–Crippen LogP) is 1.29. The third kappa shape index (κ3) is 10.1. The first-order valence-electron chi connectivity index (χ1n) is 28.0. The molecule has 0 spiro atoms. The van der Waals surface area contributed by atoms with E-state index in [0.717, 1.165) is 5.57 Å². The predicted molar refractivity (Wildman–Crippen MR) is 275 cm³/mol. The number of fused-ring (bicyclic) bond motifs is 7. The van der Waals surface area contributed by atoms with Crippen LogP contribution in [0.1, 0.15) is 121 Å². The van der Waals surface area contributed by atoms with Gasteiger partial charge in [0.25, 0.3) is 0 Å². The van der Waals surface area contributed by atoms with E-state index in [1.54, 1.807) is 39.8 Å². The number of rotatable bonds is 13. The van der Waals surface area contributed by atoms with Crippen LogP contribution in [-0.4, -0.2) is 204 Å². The molecule has 22 nitrogen and oxygen atoms in total. The third-order valence-electron chi connectivity index (χ3n) is 21.2. The van der Waals surface area contributed by atoms with Crippen LogP contribution in [0.3, 0.4) is 0 Å². The molecule has 0 bridgehead atoms. The summed E-state index contributed by atoms with van der Waals surface area (Å²) in [7, 11) is 0. The van der Waals surface area contributed by atoms with Crippen molar-refractivity contribution in [3.63, 3.8) is 0 Å². The highest BCUT2D eigenvalue weighted by Crippen LogP contribution is 2.76. The van der Waals surface area contributed by atoms with Gasteiger partial charge in [0.1, 0.15) is 67.1 Å². The first kappa shape index (κ1) is 62.0. The molecule has 8 aliphatic rings. The lowest BCUT2D eigenvalue weighted by molar-refractivity contribution is -0.392. The van der Waals surface area contributed by atoms with Crippen molar-refractivity contribution in [1.82, 2.24) is 0 Å². The van der Waals surface area contributed by atoms with Gasteiger partial charge in [-0.25, -0.2) is 14.4 Å². The van der Waals surface area contributed by atoms with Crippen molar-refractivity contribution in [3.05, 3.63) is 34.9 Å². The number of carbonyl (C=O) groups excluding carboxylic acids is 2. The summed E-state index contributed by atoms with van der Waals surface area (Å²) in [6, 6.07) is 0. The van der Waals surface area contributed by atoms with Crippen LogP contribution < -0.4 is 0 Å². The number of carboxylic acid groups (broad SMARTS) is 1. The van der Waals surface area contributed by atoms with Crippen molar-refractivity contribution >= 4 is 17.9 Å². The van der Waals surface area contributed by atoms with Crippen molar-refractivity contribution in [2.24, 2.45) is 50.2 Å². The van der Waals surface area contributed by atoms with Crippen molar-refractivity contribution in [2.75, 3.05) is 19.8 Å². The summed E-state index contributed by atoms with van der Waals surface area (Å²) in [5, 5.41) is 121. The van der Waals surface area contributed by atoms with E-state index in [2.05, 4.69) is 40.7 Å². The highest BCUT2D eigenvalue weighted by atomic mass is 16.8. The summed E-state index contributed by atoms with van der Waals surface area (Å²) < 4.78 is 49.1. The van der Waals surface area contributed by atoms with Crippen molar-refractivity contribution < 1.29 is 108 Å². The number of hydrogen-bond acceptors (Lipinski definition) is 21. The molecule has 3 aliphatic heterocycles. The summed E-state index contributed by atoms with van der Waals surface area (Å²) in [6.45, 7) is 19.6. The first-order valence-corrected chi connectivity index (χ1v) is 28.0. The summed E-state index contributed by atoms with van der Waals surface area (Å²) in [5.41, 5.74) is -2.71. The number of carboxylic acids is 1. The lowest BCUT2D eigenvalue weighted by Crippen LogP contribution is -2.72. The molecule has 0 radical (unpaired) electrons. The van der Waals surface area contributed by atoms with Crippen molar-refractivity contribution in [3.8, 4) is 0 Å². The molecule has 0 aromatic rings. The molecule has 11 N–H and O–H groups in total. The Morgan fingerprint density at radius 2 is 1.29 bits per heavy atom. The molecule has 0 aromatic carbocycles. The second-order valence-corrected chi connectivity index (χ2v) is 26.0. The molecule has 25 atom stereocenters. The van der Waals surface area contributed by atoms with E-state index in [4.69, 9.17) is 37.9 Å². The Morgan fingerprint density at radius 1 is 0.684 bits per heavy atom. The minimum absolute atomic E-state index is 0.0231. The molecule has 8 unspecified atom stereocenters.